The molecule has 27 heavy (non-hydrogen) atoms. The molecule has 144 valence electrons. The first kappa shape index (κ1) is 18.3. The predicted octanol–water partition coefficient (Wildman–Crippen LogP) is 1.12. The van der Waals surface area contributed by atoms with E-state index in [1.54, 1.807) is 17.0 Å². The number of piperazine rings is 1. The lowest BCUT2D eigenvalue weighted by molar-refractivity contribution is 0.0512. The van der Waals surface area contributed by atoms with Crippen molar-refractivity contribution in [1.29, 1.82) is 0 Å². The van der Waals surface area contributed by atoms with E-state index in [4.69, 9.17) is 0 Å². The van der Waals surface area contributed by atoms with Crippen LogP contribution in [0.3, 0.4) is 0 Å². The van der Waals surface area contributed by atoms with Gasteiger partial charge in [0.1, 0.15) is 5.82 Å². The van der Waals surface area contributed by atoms with Crippen LogP contribution in [0.2, 0.25) is 0 Å². The smallest absolute Gasteiger partial charge is 0.254 e. The monoisotopic (exact) mass is 372 g/mol. The van der Waals surface area contributed by atoms with E-state index in [1.165, 1.54) is 12.1 Å². The normalized spacial score (nSPS) is 24.7. The highest BCUT2D eigenvalue weighted by atomic mass is 19.1. The Labute approximate surface area is 158 Å². The number of carbonyl (C=O) groups excluding carboxylic acids is 1. The zero-order valence-electron chi connectivity index (χ0n) is 15.7. The molecule has 0 spiro atoms. The number of hydrogen-bond donors (Lipinski definition) is 1. The van der Waals surface area contributed by atoms with E-state index >= 15 is 0 Å². The molecular formula is C20H25FN4O2. The van der Waals surface area contributed by atoms with E-state index in [0.29, 0.717) is 35.2 Å². The van der Waals surface area contributed by atoms with Crippen molar-refractivity contribution < 1.29 is 14.3 Å². The number of likely N-dealkylation sites (tertiary alicyclic amines) is 1. The lowest BCUT2D eigenvalue weighted by Gasteiger charge is -2.37. The molecule has 0 unspecified atom stereocenters. The van der Waals surface area contributed by atoms with Crippen LogP contribution < -0.4 is 0 Å². The topological polar surface area (TPSA) is 59.9 Å². The van der Waals surface area contributed by atoms with E-state index in [0.717, 1.165) is 26.2 Å². The highest BCUT2D eigenvalue weighted by molar-refractivity contribution is 6.06. The molecule has 0 saturated carbocycles. The maximum atomic E-state index is 13.8. The van der Waals surface area contributed by atoms with Crippen LogP contribution in [-0.4, -0.2) is 89.2 Å². The first-order chi connectivity index (χ1) is 12.9. The van der Waals surface area contributed by atoms with Gasteiger partial charge in [-0.2, -0.15) is 0 Å². The number of aromatic nitrogens is 1. The first-order valence-corrected chi connectivity index (χ1v) is 9.39. The van der Waals surface area contributed by atoms with Crippen LogP contribution in [0.25, 0.3) is 10.9 Å². The summed E-state index contributed by atoms with van der Waals surface area (Å²) in [5, 5.41) is 11.1. The Morgan fingerprint density at radius 1 is 1.19 bits per heavy atom. The standard InChI is InChI=1S/C20H25FN4O2/c1-13-9-16(15-10-14(21)3-4-17(15)22-13)20(27)25-11-18(19(26)12-25)24-7-5-23(2)6-8-24/h3-4,9-10,18-19,26H,5-8,11-12H2,1-2H3/t18-,19-/m1/s1. The number of fused-ring (bicyclic) bond motifs is 1. The summed E-state index contributed by atoms with van der Waals surface area (Å²) in [7, 11) is 2.09. The molecule has 0 radical (unpaired) electrons. The number of aliphatic hydroxyl groups excluding tert-OH is 1. The highest BCUT2D eigenvalue weighted by Crippen LogP contribution is 2.25. The number of halogens is 1. The van der Waals surface area contributed by atoms with Crippen molar-refractivity contribution in [3.63, 3.8) is 0 Å². The van der Waals surface area contributed by atoms with Gasteiger partial charge in [0.2, 0.25) is 0 Å². The van der Waals surface area contributed by atoms with E-state index in [1.807, 2.05) is 6.92 Å². The van der Waals surface area contributed by atoms with Crippen LogP contribution in [-0.2, 0) is 0 Å². The Morgan fingerprint density at radius 2 is 1.93 bits per heavy atom. The molecule has 2 atom stereocenters. The minimum absolute atomic E-state index is 0.0476. The quantitative estimate of drug-likeness (QED) is 0.856. The summed E-state index contributed by atoms with van der Waals surface area (Å²) in [6, 6.07) is 5.97. The van der Waals surface area contributed by atoms with Gasteiger partial charge >= 0.3 is 0 Å². The van der Waals surface area contributed by atoms with E-state index in [2.05, 4.69) is 21.8 Å². The summed E-state index contributed by atoms with van der Waals surface area (Å²) in [6.07, 6.45) is -0.566. The third-order valence-corrected chi connectivity index (χ3v) is 5.68. The van der Waals surface area contributed by atoms with E-state index in [9.17, 15) is 14.3 Å². The second-order valence-corrected chi connectivity index (χ2v) is 7.66. The Balaban J connectivity index is 1.59. The molecular weight excluding hydrogens is 347 g/mol. The van der Waals surface area contributed by atoms with Crippen LogP contribution in [0.5, 0.6) is 0 Å². The molecule has 0 aliphatic carbocycles. The van der Waals surface area contributed by atoms with Crippen molar-refractivity contribution in [2.75, 3.05) is 46.3 Å². The minimum Gasteiger partial charge on any atom is -0.390 e. The Bertz CT molecular complexity index is 866. The second-order valence-electron chi connectivity index (χ2n) is 7.66. The molecule has 1 N–H and O–H groups in total. The van der Waals surface area contributed by atoms with E-state index in [-0.39, 0.29) is 17.8 Å². The van der Waals surface area contributed by atoms with Crippen molar-refractivity contribution in [2.45, 2.75) is 19.1 Å². The molecule has 2 aliphatic rings. The summed E-state index contributed by atoms with van der Waals surface area (Å²) in [5.74, 6) is -0.564. The van der Waals surface area contributed by atoms with Gasteiger partial charge in [0.25, 0.3) is 5.91 Å². The van der Waals surface area contributed by atoms with Crippen molar-refractivity contribution >= 4 is 16.8 Å². The van der Waals surface area contributed by atoms with Gasteiger partial charge in [-0.05, 0) is 38.2 Å². The van der Waals surface area contributed by atoms with Gasteiger partial charge in [-0.3, -0.25) is 14.7 Å². The maximum Gasteiger partial charge on any atom is 0.254 e. The Kier molecular flexibility index (Phi) is 4.84. The van der Waals surface area contributed by atoms with Gasteiger partial charge < -0.3 is 14.9 Å². The average molecular weight is 372 g/mol. The number of β-amino-alcohol motifs (C(OH)–C–C–N with tert-alkyl or cyclic N) is 1. The molecule has 7 heteroatoms. The van der Waals surface area contributed by atoms with Crippen LogP contribution >= 0.6 is 0 Å². The highest BCUT2D eigenvalue weighted by Gasteiger charge is 2.39. The van der Waals surface area contributed by atoms with Crippen molar-refractivity contribution in [3.05, 3.63) is 41.3 Å². The SMILES string of the molecule is Cc1cc(C(=O)N2C[C@@H](O)[C@H](N3CCN(C)CC3)C2)c2cc(F)ccc2n1. The summed E-state index contributed by atoms with van der Waals surface area (Å²) < 4.78 is 13.8. The minimum atomic E-state index is -0.566. The molecule has 3 heterocycles. The van der Waals surface area contributed by atoms with Crippen molar-refractivity contribution in [1.82, 2.24) is 19.7 Å². The maximum absolute atomic E-state index is 13.8. The van der Waals surface area contributed by atoms with Gasteiger partial charge in [-0.1, -0.05) is 0 Å². The number of nitrogens with zero attached hydrogens (tertiary/aromatic N) is 4. The third-order valence-electron chi connectivity index (χ3n) is 5.68. The van der Waals surface area contributed by atoms with Crippen LogP contribution in [0.1, 0.15) is 16.1 Å². The number of amides is 1. The zero-order valence-corrected chi connectivity index (χ0v) is 15.7. The third kappa shape index (κ3) is 3.54. The van der Waals surface area contributed by atoms with Gasteiger partial charge in [0.15, 0.2) is 0 Å². The fourth-order valence-corrected chi connectivity index (χ4v) is 4.13. The summed E-state index contributed by atoms with van der Waals surface area (Å²) in [6.45, 7) is 6.32. The van der Waals surface area contributed by atoms with Gasteiger partial charge in [0.05, 0.1) is 23.2 Å². The van der Waals surface area contributed by atoms with Gasteiger partial charge in [-0.25, -0.2) is 4.39 Å². The van der Waals surface area contributed by atoms with E-state index < -0.39 is 6.10 Å². The summed E-state index contributed by atoms with van der Waals surface area (Å²) >= 11 is 0. The fourth-order valence-electron chi connectivity index (χ4n) is 4.13. The number of aliphatic hydroxyl groups is 1. The fraction of sp³-hybridized carbons (Fsp3) is 0.500. The number of rotatable bonds is 2. The molecule has 2 fully saturated rings. The van der Waals surface area contributed by atoms with Crippen LogP contribution in [0.15, 0.2) is 24.3 Å². The number of carbonyl (C=O) groups is 1. The van der Waals surface area contributed by atoms with Crippen molar-refractivity contribution in [3.8, 4) is 0 Å². The molecule has 1 aromatic carbocycles. The van der Waals surface area contributed by atoms with Crippen LogP contribution in [0, 0.1) is 12.7 Å². The molecule has 2 saturated heterocycles. The molecule has 2 aliphatic heterocycles. The summed E-state index contributed by atoms with van der Waals surface area (Å²) in [4.78, 5) is 23.8. The molecule has 1 aromatic heterocycles. The van der Waals surface area contributed by atoms with Crippen molar-refractivity contribution in [2.24, 2.45) is 0 Å². The average Bonchev–Trinajstić information content (AvgIpc) is 3.03. The van der Waals surface area contributed by atoms with Gasteiger partial charge in [-0.15, -0.1) is 0 Å². The number of benzene rings is 1. The number of aryl methyl sites for hydroxylation is 1. The predicted molar refractivity (Wildman–Crippen MR) is 101 cm³/mol. The second kappa shape index (κ2) is 7.14. The first-order valence-electron chi connectivity index (χ1n) is 9.39. The molecule has 4 rings (SSSR count). The Morgan fingerprint density at radius 3 is 2.67 bits per heavy atom. The Hall–Kier alpha value is -2.09. The molecule has 1 amide bonds. The zero-order chi connectivity index (χ0) is 19.1. The van der Waals surface area contributed by atoms with Crippen LogP contribution in [0.4, 0.5) is 4.39 Å². The lowest BCUT2D eigenvalue weighted by atomic mass is 10.1. The number of pyridine rings is 1. The lowest BCUT2D eigenvalue weighted by Crippen LogP contribution is -2.52. The number of hydrogen-bond acceptors (Lipinski definition) is 5. The largest absolute Gasteiger partial charge is 0.390 e. The summed E-state index contributed by atoms with van der Waals surface area (Å²) in [5.41, 5.74) is 1.77. The molecule has 2 aromatic rings. The number of likely N-dealkylation sites (N-methyl/N-ethyl adjacent to an activating group) is 1. The van der Waals surface area contributed by atoms with Gasteiger partial charge in [0, 0.05) is 50.3 Å². The molecule has 0 bridgehead atoms. The molecule has 6 nitrogen and oxygen atoms in total.